The number of hydrogen-bond donors (Lipinski definition) is 1. The van der Waals surface area contributed by atoms with Gasteiger partial charge in [0.15, 0.2) is 0 Å². The first-order valence-corrected chi connectivity index (χ1v) is 9.43. The summed E-state index contributed by atoms with van der Waals surface area (Å²) in [4.78, 5) is 12.1. The van der Waals surface area contributed by atoms with Crippen molar-refractivity contribution < 1.29 is 14.3 Å². The third-order valence-electron chi connectivity index (χ3n) is 4.72. The smallest absolute Gasteiger partial charge is 0.332 e. The number of nitrogens with one attached hydrogen (secondary N) is 1. The van der Waals surface area contributed by atoms with Crippen LogP contribution in [0.3, 0.4) is 0 Å². The van der Waals surface area contributed by atoms with Gasteiger partial charge in [-0.25, -0.2) is 4.79 Å². The first-order valence-electron chi connectivity index (χ1n) is 8.64. The molecule has 2 fully saturated rings. The van der Waals surface area contributed by atoms with E-state index in [1.807, 2.05) is 32.9 Å². The highest BCUT2D eigenvalue weighted by atomic mass is 79.9. The summed E-state index contributed by atoms with van der Waals surface area (Å²) >= 11 is 3.56. The monoisotopic (exact) mass is 395 g/mol. The van der Waals surface area contributed by atoms with E-state index in [4.69, 9.17) is 9.47 Å². The minimum Gasteiger partial charge on any atom is -0.458 e. The number of esters is 1. The van der Waals surface area contributed by atoms with Crippen LogP contribution < -0.4 is 5.32 Å². The molecule has 2 unspecified atom stereocenters. The van der Waals surface area contributed by atoms with Gasteiger partial charge in [-0.15, -0.1) is 0 Å². The summed E-state index contributed by atoms with van der Waals surface area (Å²) < 4.78 is 12.7. The van der Waals surface area contributed by atoms with Crippen molar-refractivity contribution in [3.05, 3.63) is 34.3 Å². The molecule has 1 N–H and O–H groups in total. The lowest BCUT2D eigenvalue weighted by atomic mass is 9.81. The Bertz CT molecular complexity index is 599. The number of carbonyl (C=O) groups excluding carboxylic acids is 1. The Morgan fingerprint density at radius 3 is 2.54 bits per heavy atom. The quantitative estimate of drug-likeness (QED) is 0.784. The van der Waals surface area contributed by atoms with Gasteiger partial charge < -0.3 is 14.8 Å². The Morgan fingerprint density at radius 2 is 1.96 bits per heavy atom. The van der Waals surface area contributed by atoms with E-state index < -0.39 is 11.2 Å². The second-order valence-electron chi connectivity index (χ2n) is 7.93. The number of hydrogen-bond acceptors (Lipinski definition) is 4. The topological polar surface area (TPSA) is 47.6 Å². The summed E-state index contributed by atoms with van der Waals surface area (Å²) in [6.07, 6.45) is 4.14. The number of halogens is 1. The third-order valence-corrected chi connectivity index (χ3v) is 5.22. The normalized spacial score (nSPS) is 29.5. The molecule has 132 valence electrons. The molecule has 0 aromatic heterocycles. The van der Waals surface area contributed by atoms with E-state index in [0.29, 0.717) is 12.1 Å². The number of piperidine rings is 1. The lowest BCUT2D eigenvalue weighted by molar-refractivity contribution is -0.171. The molecular weight excluding hydrogens is 370 g/mol. The second-order valence-corrected chi connectivity index (χ2v) is 8.84. The van der Waals surface area contributed by atoms with E-state index >= 15 is 0 Å². The van der Waals surface area contributed by atoms with Crippen LogP contribution in [-0.4, -0.2) is 30.3 Å². The number of rotatable bonds is 4. The van der Waals surface area contributed by atoms with E-state index in [9.17, 15) is 4.79 Å². The fraction of sp³-hybridized carbons (Fsp3) is 0.632. The minimum atomic E-state index is -0.490. The predicted molar refractivity (Wildman–Crippen MR) is 96.8 cm³/mol. The summed E-state index contributed by atoms with van der Waals surface area (Å²) in [6.45, 7) is 5.61. The van der Waals surface area contributed by atoms with Crippen LogP contribution in [0.5, 0.6) is 0 Å². The van der Waals surface area contributed by atoms with Gasteiger partial charge in [0.05, 0.1) is 5.60 Å². The molecule has 4 nitrogen and oxygen atoms in total. The highest BCUT2D eigenvalue weighted by Crippen LogP contribution is 2.44. The van der Waals surface area contributed by atoms with Crippen molar-refractivity contribution in [1.82, 2.24) is 5.32 Å². The van der Waals surface area contributed by atoms with Crippen molar-refractivity contribution in [3.63, 3.8) is 0 Å². The molecule has 1 aromatic carbocycles. The molecule has 2 bridgehead atoms. The molecule has 2 aliphatic heterocycles. The Labute approximate surface area is 152 Å². The van der Waals surface area contributed by atoms with Crippen LogP contribution in [0, 0.1) is 0 Å². The molecule has 24 heavy (non-hydrogen) atoms. The van der Waals surface area contributed by atoms with Crippen LogP contribution >= 0.6 is 15.9 Å². The van der Waals surface area contributed by atoms with Gasteiger partial charge in [0.2, 0.25) is 0 Å². The van der Waals surface area contributed by atoms with Crippen LogP contribution in [0.4, 0.5) is 0 Å². The molecule has 0 aliphatic carbocycles. The van der Waals surface area contributed by atoms with Gasteiger partial charge in [-0.05, 0) is 64.2 Å². The third kappa shape index (κ3) is 4.19. The average Bonchev–Trinajstić information content (AvgIpc) is 2.83. The molecule has 5 heteroatoms. The van der Waals surface area contributed by atoms with Gasteiger partial charge in [0.1, 0.15) is 12.2 Å². The fourth-order valence-electron chi connectivity index (χ4n) is 3.88. The van der Waals surface area contributed by atoms with Crippen LogP contribution in [0.25, 0.3) is 0 Å². The number of benzene rings is 1. The SMILES string of the molecule is CC(C)(C)OC(=O)COC1(c2cccc(Br)c2)CC2CCC(C1)N2. The fourth-order valence-corrected chi connectivity index (χ4v) is 4.28. The number of fused-ring (bicyclic) bond motifs is 2. The average molecular weight is 396 g/mol. The highest BCUT2D eigenvalue weighted by Gasteiger charge is 2.46. The van der Waals surface area contributed by atoms with Crippen molar-refractivity contribution in [2.24, 2.45) is 0 Å². The zero-order valence-electron chi connectivity index (χ0n) is 14.6. The van der Waals surface area contributed by atoms with E-state index in [0.717, 1.165) is 22.9 Å². The van der Waals surface area contributed by atoms with Gasteiger partial charge in [-0.2, -0.15) is 0 Å². The molecular formula is C19H26BrNO3. The largest absolute Gasteiger partial charge is 0.458 e. The maximum Gasteiger partial charge on any atom is 0.332 e. The zero-order chi connectivity index (χ0) is 17.4. The van der Waals surface area contributed by atoms with Crippen LogP contribution in [0.1, 0.15) is 52.0 Å². The number of ether oxygens (including phenoxy) is 2. The lowest BCUT2D eigenvalue weighted by Crippen LogP contribution is -2.49. The van der Waals surface area contributed by atoms with E-state index in [-0.39, 0.29) is 12.6 Å². The minimum absolute atomic E-state index is 0.0107. The molecule has 0 saturated carbocycles. The summed E-state index contributed by atoms with van der Waals surface area (Å²) in [6, 6.07) is 9.18. The molecule has 2 heterocycles. The summed E-state index contributed by atoms with van der Waals surface area (Å²) in [5, 5.41) is 3.65. The zero-order valence-corrected chi connectivity index (χ0v) is 16.2. The molecule has 2 atom stereocenters. The Balaban J connectivity index is 1.80. The summed E-state index contributed by atoms with van der Waals surface area (Å²) in [5.41, 5.74) is 0.229. The summed E-state index contributed by atoms with van der Waals surface area (Å²) in [7, 11) is 0. The second kappa shape index (κ2) is 6.77. The first kappa shape index (κ1) is 17.9. The van der Waals surface area contributed by atoms with Gasteiger partial charge in [-0.3, -0.25) is 0 Å². The lowest BCUT2D eigenvalue weighted by Gasteiger charge is -2.41. The van der Waals surface area contributed by atoms with Gasteiger partial charge in [0.25, 0.3) is 0 Å². The molecule has 0 spiro atoms. The van der Waals surface area contributed by atoms with Crippen molar-refractivity contribution >= 4 is 21.9 Å². The maximum absolute atomic E-state index is 12.1. The first-order chi connectivity index (χ1) is 11.3. The Kier molecular flexibility index (Phi) is 5.05. The van der Waals surface area contributed by atoms with Crippen LogP contribution in [0.15, 0.2) is 28.7 Å². The van der Waals surface area contributed by atoms with Crippen molar-refractivity contribution in [1.29, 1.82) is 0 Å². The van der Waals surface area contributed by atoms with Crippen molar-refractivity contribution in [2.45, 2.75) is 69.7 Å². The molecule has 1 aromatic rings. The molecule has 2 saturated heterocycles. The van der Waals surface area contributed by atoms with Gasteiger partial charge >= 0.3 is 5.97 Å². The van der Waals surface area contributed by atoms with Crippen LogP contribution in [0.2, 0.25) is 0 Å². The van der Waals surface area contributed by atoms with Crippen LogP contribution in [-0.2, 0) is 19.9 Å². The van der Waals surface area contributed by atoms with Gasteiger partial charge in [-0.1, -0.05) is 28.1 Å². The van der Waals surface area contributed by atoms with E-state index in [2.05, 4.69) is 33.4 Å². The van der Waals surface area contributed by atoms with E-state index in [1.54, 1.807) is 0 Å². The molecule has 0 radical (unpaired) electrons. The molecule has 3 rings (SSSR count). The predicted octanol–water partition coefficient (Wildman–Crippen LogP) is 3.92. The summed E-state index contributed by atoms with van der Waals surface area (Å²) in [5.74, 6) is -0.303. The van der Waals surface area contributed by atoms with Gasteiger partial charge in [0, 0.05) is 16.6 Å². The number of carbonyl (C=O) groups is 1. The standard InChI is InChI=1S/C19H26BrNO3/c1-18(2,3)24-17(22)12-23-19(13-5-4-6-14(20)9-13)10-15-7-8-16(11-19)21-15/h4-6,9,15-16,21H,7-8,10-12H2,1-3H3. The highest BCUT2D eigenvalue weighted by molar-refractivity contribution is 9.10. The molecule has 2 aliphatic rings. The van der Waals surface area contributed by atoms with E-state index in [1.165, 1.54) is 12.8 Å². The van der Waals surface area contributed by atoms with Crippen molar-refractivity contribution in [2.75, 3.05) is 6.61 Å². The van der Waals surface area contributed by atoms with Crippen molar-refractivity contribution in [3.8, 4) is 0 Å². The Hall–Kier alpha value is -0.910. The maximum atomic E-state index is 12.1. The Morgan fingerprint density at radius 1 is 1.29 bits per heavy atom. The molecule has 0 amide bonds.